The first-order valence-electron chi connectivity index (χ1n) is 5.83. The number of pyridine rings is 1. The van der Waals surface area contributed by atoms with Gasteiger partial charge in [-0.3, -0.25) is 10.1 Å². The van der Waals surface area contributed by atoms with Crippen molar-refractivity contribution in [1.29, 1.82) is 0 Å². The van der Waals surface area contributed by atoms with E-state index in [-0.39, 0.29) is 17.1 Å². The SMILES string of the molecule is COC(=O)c1c(F)cc(-c2ccc([N+](=O)[O-])c(N)n2)cc1F. The zero-order chi connectivity index (χ0) is 16.4. The lowest BCUT2D eigenvalue weighted by Crippen LogP contribution is -2.08. The van der Waals surface area contributed by atoms with E-state index in [1.54, 1.807) is 0 Å². The number of carbonyl (C=O) groups is 1. The number of nitrogen functional groups attached to an aromatic ring is 1. The second kappa shape index (κ2) is 5.72. The summed E-state index contributed by atoms with van der Waals surface area (Å²) >= 11 is 0. The van der Waals surface area contributed by atoms with Crippen molar-refractivity contribution in [2.24, 2.45) is 0 Å². The van der Waals surface area contributed by atoms with Crippen LogP contribution in [0.5, 0.6) is 0 Å². The van der Waals surface area contributed by atoms with Crippen molar-refractivity contribution in [2.75, 3.05) is 12.8 Å². The number of aromatic nitrogens is 1. The highest BCUT2D eigenvalue weighted by atomic mass is 19.1. The molecule has 7 nitrogen and oxygen atoms in total. The molecule has 0 amide bonds. The number of anilines is 1. The number of nitrogens with two attached hydrogens (primary N) is 1. The molecule has 0 aliphatic rings. The molecule has 0 atom stereocenters. The number of halogens is 2. The third-order valence-corrected chi connectivity index (χ3v) is 2.83. The lowest BCUT2D eigenvalue weighted by Gasteiger charge is -2.07. The highest BCUT2D eigenvalue weighted by molar-refractivity contribution is 5.90. The molecule has 22 heavy (non-hydrogen) atoms. The van der Waals surface area contributed by atoms with Gasteiger partial charge in [0.1, 0.15) is 17.2 Å². The van der Waals surface area contributed by atoms with Crippen LogP contribution in [0.4, 0.5) is 20.3 Å². The standard InChI is InChI=1S/C13H9F2N3O4/c1-22-13(19)11-7(14)4-6(5-8(11)15)9-2-3-10(18(20)21)12(16)17-9/h2-5H,1H3,(H2,16,17). The van der Waals surface area contributed by atoms with Gasteiger partial charge in [0.2, 0.25) is 5.82 Å². The van der Waals surface area contributed by atoms with Gasteiger partial charge in [-0.25, -0.2) is 18.6 Å². The van der Waals surface area contributed by atoms with E-state index < -0.39 is 33.8 Å². The Balaban J connectivity index is 2.53. The van der Waals surface area contributed by atoms with Gasteiger partial charge >= 0.3 is 11.7 Å². The molecule has 1 heterocycles. The van der Waals surface area contributed by atoms with Crippen LogP contribution in [0.25, 0.3) is 11.3 Å². The first-order chi connectivity index (χ1) is 10.3. The Hall–Kier alpha value is -3.10. The summed E-state index contributed by atoms with van der Waals surface area (Å²) in [5.41, 5.74) is 4.17. The predicted octanol–water partition coefficient (Wildman–Crippen LogP) is 2.30. The zero-order valence-electron chi connectivity index (χ0n) is 11.2. The van der Waals surface area contributed by atoms with Gasteiger partial charge in [0, 0.05) is 11.6 Å². The Morgan fingerprint density at radius 2 is 1.91 bits per heavy atom. The third-order valence-electron chi connectivity index (χ3n) is 2.83. The van der Waals surface area contributed by atoms with Crippen molar-refractivity contribution in [3.8, 4) is 11.3 Å². The molecule has 1 aromatic carbocycles. The molecule has 0 unspecified atom stereocenters. The number of carbonyl (C=O) groups excluding carboxylic acids is 1. The molecule has 0 fully saturated rings. The average Bonchev–Trinajstić information content (AvgIpc) is 2.45. The van der Waals surface area contributed by atoms with E-state index in [4.69, 9.17) is 5.73 Å². The van der Waals surface area contributed by atoms with E-state index in [1.165, 1.54) is 6.07 Å². The van der Waals surface area contributed by atoms with Gasteiger partial charge < -0.3 is 10.5 Å². The van der Waals surface area contributed by atoms with Gasteiger partial charge in [-0.15, -0.1) is 0 Å². The molecular weight excluding hydrogens is 300 g/mol. The summed E-state index contributed by atoms with van der Waals surface area (Å²) in [6.45, 7) is 0. The fourth-order valence-corrected chi connectivity index (χ4v) is 1.80. The maximum Gasteiger partial charge on any atom is 0.343 e. The summed E-state index contributed by atoms with van der Waals surface area (Å²) in [7, 11) is 0.994. The topological polar surface area (TPSA) is 108 Å². The smallest absolute Gasteiger partial charge is 0.343 e. The van der Waals surface area contributed by atoms with Crippen molar-refractivity contribution in [3.63, 3.8) is 0 Å². The molecule has 2 rings (SSSR count). The number of nitrogens with zero attached hydrogens (tertiary/aromatic N) is 2. The molecule has 0 aliphatic carbocycles. The summed E-state index contributed by atoms with van der Waals surface area (Å²) in [4.78, 5) is 24.9. The monoisotopic (exact) mass is 309 g/mol. The number of ether oxygens (including phenoxy) is 1. The zero-order valence-corrected chi connectivity index (χ0v) is 11.2. The molecule has 0 saturated heterocycles. The molecule has 0 saturated carbocycles. The maximum atomic E-state index is 13.8. The van der Waals surface area contributed by atoms with E-state index >= 15 is 0 Å². The van der Waals surface area contributed by atoms with Crippen molar-refractivity contribution >= 4 is 17.5 Å². The quantitative estimate of drug-likeness (QED) is 0.529. The lowest BCUT2D eigenvalue weighted by molar-refractivity contribution is -0.384. The van der Waals surface area contributed by atoms with Crippen molar-refractivity contribution in [2.45, 2.75) is 0 Å². The number of esters is 1. The van der Waals surface area contributed by atoms with Gasteiger partial charge in [-0.1, -0.05) is 0 Å². The Kier molecular flexibility index (Phi) is 3.97. The fraction of sp³-hybridized carbons (Fsp3) is 0.0769. The number of hydrogen-bond acceptors (Lipinski definition) is 6. The maximum absolute atomic E-state index is 13.8. The molecule has 0 spiro atoms. The van der Waals surface area contributed by atoms with Crippen molar-refractivity contribution in [3.05, 3.63) is 51.6 Å². The summed E-state index contributed by atoms with van der Waals surface area (Å²) in [5.74, 6) is -3.82. The second-order valence-corrected chi connectivity index (χ2v) is 4.16. The van der Waals surface area contributed by atoms with Crippen LogP contribution in [-0.2, 0) is 4.74 Å². The largest absolute Gasteiger partial charge is 0.465 e. The molecule has 0 aliphatic heterocycles. The number of methoxy groups -OCH3 is 1. The highest BCUT2D eigenvalue weighted by Gasteiger charge is 2.21. The van der Waals surface area contributed by atoms with Crippen LogP contribution in [0.3, 0.4) is 0 Å². The van der Waals surface area contributed by atoms with Gasteiger partial charge in [0.15, 0.2) is 0 Å². The van der Waals surface area contributed by atoms with Gasteiger partial charge in [-0.2, -0.15) is 0 Å². The Morgan fingerprint density at radius 1 is 1.32 bits per heavy atom. The number of benzene rings is 1. The molecule has 0 radical (unpaired) electrons. The lowest BCUT2D eigenvalue weighted by atomic mass is 10.1. The van der Waals surface area contributed by atoms with Crippen LogP contribution in [0.15, 0.2) is 24.3 Å². The van der Waals surface area contributed by atoms with E-state index in [0.717, 1.165) is 25.3 Å². The van der Waals surface area contributed by atoms with Crippen molar-refractivity contribution in [1.82, 2.24) is 4.98 Å². The van der Waals surface area contributed by atoms with E-state index in [0.29, 0.717) is 0 Å². The van der Waals surface area contributed by atoms with Crippen LogP contribution in [-0.4, -0.2) is 23.0 Å². The van der Waals surface area contributed by atoms with Crippen molar-refractivity contribution < 1.29 is 23.2 Å². The van der Waals surface area contributed by atoms with Crippen LogP contribution in [0.1, 0.15) is 10.4 Å². The first-order valence-corrected chi connectivity index (χ1v) is 5.83. The minimum atomic E-state index is -1.15. The summed E-state index contributed by atoms with van der Waals surface area (Å²) < 4.78 is 31.9. The fourth-order valence-electron chi connectivity index (χ4n) is 1.80. The van der Waals surface area contributed by atoms with E-state index in [9.17, 15) is 23.7 Å². The number of hydrogen-bond donors (Lipinski definition) is 1. The normalized spacial score (nSPS) is 10.3. The van der Waals surface area contributed by atoms with Gasteiger partial charge in [-0.05, 0) is 18.2 Å². The van der Waals surface area contributed by atoms with Crippen LogP contribution in [0.2, 0.25) is 0 Å². The Labute approximate surface area is 122 Å². The predicted molar refractivity (Wildman–Crippen MR) is 72.0 cm³/mol. The molecular formula is C13H9F2N3O4. The molecule has 1 aromatic heterocycles. The minimum absolute atomic E-state index is 0.0238. The molecule has 114 valence electrons. The summed E-state index contributed by atoms with van der Waals surface area (Å²) in [5, 5.41) is 10.6. The summed E-state index contributed by atoms with van der Waals surface area (Å²) in [6.07, 6.45) is 0. The Morgan fingerprint density at radius 3 is 2.36 bits per heavy atom. The Bertz CT molecular complexity index is 757. The summed E-state index contributed by atoms with van der Waals surface area (Å²) in [6, 6.07) is 3.99. The van der Waals surface area contributed by atoms with Gasteiger partial charge in [0.25, 0.3) is 0 Å². The van der Waals surface area contributed by atoms with Crippen LogP contribution < -0.4 is 5.73 Å². The van der Waals surface area contributed by atoms with E-state index in [2.05, 4.69) is 9.72 Å². The molecule has 2 N–H and O–H groups in total. The minimum Gasteiger partial charge on any atom is -0.465 e. The number of rotatable bonds is 3. The first kappa shape index (κ1) is 15.3. The van der Waals surface area contributed by atoms with Crippen LogP contribution in [0, 0.1) is 21.7 Å². The average molecular weight is 309 g/mol. The second-order valence-electron chi connectivity index (χ2n) is 4.16. The molecule has 0 bridgehead atoms. The molecule has 2 aromatic rings. The number of nitro groups is 1. The van der Waals surface area contributed by atoms with Crippen LogP contribution >= 0.6 is 0 Å². The molecule has 9 heteroatoms. The van der Waals surface area contributed by atoms with Gasteiger partial charge in [0.05, 0.1) is 17.7 Å². The third kappa shape index (κ3) is 2.68. The van der Waals surface area contributed by atoms with E-state index in [1.807, 2.05) is 0 Å². The highest BCUT2D eigenvalue weighted by Crippen LogP contribution is 2.27.